The third-order valence-electron chi connectivity index (χ3n) is 3.72. The average Bonchev–Trinajstić information content (AvgIpc) is 2.27. The summed E-state index contributed by atoms with van der Waals surface area (Å²) in [5.74, 6) is 1.38. The lowest BCUT2D eigenvalue weighted by atomic mass is 9.67. The van der Waals surface area contributed by atoms with E-state index in [2.05, 4.69) is 22.2 Å². The number of nitrogens with two attached hydrogens (primary N) is 1. The summed E-state index contributed by atoms with van der Waals surface area (Å²) in [5, 5.41) is 4.14. The zero-order valence-corrected chi connectivity index (χ0v) is 11.3. The van der Waals surface area contributed by atoms with Crippen LogP contribution in [0.25, 0.3) is 0 Å². The van der Waals surface area contributed by atoms with Gasteiger partial charge in [-0.2, -0.15) is 0 Å². The molecule has 0 unspecified atom stereocenters. The average molecular weight is 252 g/mol. The van der Waals surface area contributed by atoms with Gasteiger partial charge in [0.1, 0.15) is 11.6 Å². The number of nitrogen functional groups attached to an aromatic ring is 1. The van der Waals surface area contributed by atoms with Crippen LogP contribution in [0, 0.1) is 5.41 Å². The summed E-state index contributed by atoms with van der Waals surface area (Å²) in [6.45, 7) is 3.26. The zero-order chi connectivity index (χ0) is 12.3. The first-order valence-corrected chi connectivity index (χ1v) is 7.32. The van der Waals surface area contributed by atoms with Gasteiger partial charge in [0.25, 0.3) is 0 Å². The van der Waals surface area contributed by atoms with E-state index in [-0.39, 0.29) is 0 Å². The van der Waals surface area contributed by atoms with E-state index >= 15 is 0 Å². The Morgan fingerprint density at radius 2 is 2.24 bits per heavy atom. The van der Waals surface area contributed by atoms with Gasteiger partial charge in [0, 0.05) is 12.6 Å². The molecule has 1 heterocycles. The summed E-state index contributed by atoms with van der Waals surface area (Å²) in [6.07, 6.45) is 7.20. The van der Waals surface area contributed by atoms with Crippen LogP contribution in [0.15, 0.2) is 11.2 Å². The van der Waals surface area contributed by atoms with Crippen molar-refractivity contribution in [3.05, 3.63) is 6.07 Å². The molecule has 0 bridgehead atoms. The van der Waals surface area contributed by atoms with E-state index < -0.39 is 0 Å². The Bertz CT molecular complexity index is 385. The highest BCUT2D eigenvalue weighted by Crippen LogP contribution is 2.43. The molecule has 0 atom stereocenters. The molecule has 0 saturated heterocycles. The van der Waals surface area contributed by atoms with Gasteiger partial charge in [0.05, 0.1) is 0 Å². The molecule has 1 aromatic rings. The molecule has 5 heteroatoms. The third-order valence-corrected chi connectivity index (χ3v) is 4.26. The van der Waals surface area contributed by atoms with Gasteiger partial charge in [-0.25, -0.2) is 9.97 Å². The van der Waals surface area contributed by atoms with E-state index in [4.69, 9.17) is 5.73 Å². The predicted octanol–water partition coefficient (Wildman–Crippen LogP) is 2.77. The molecule has 0 amide bonds. The highest BCUT2D eigenvalue weighted by Gasteiger charge is 2.34. The molecule has 94 valence electrons. The first kappa shape index (κ1) is 12.5. The van der Waals surface area contributed by atoms with E-state index in [1.54, 1.807) is 0 Å². The van der Waals surface area contributed by atoms with Crippen LogP contribution in [0.4, 0.5) is 11.6 Å². The molecule has 1 fully saturated rings. The maximum absolute atomic E-state index is 5.75. The molecule has 2 rings (SSSR count). The SMILES string of the molecule is CCC1(CNc2cc(N)nc(SC)n2)CCC1. The Morgan fingerprint density at radius 1 is 1.47 bits per heavy atom. The van der Waals surface area contributed by atoms with Crippen molar-refractivity contribution in [3.8, 4) is 0 Å². The van der Waals surface area contributed by atoms with E-state index in [0.29, 0.717) is 11.2 Å². The molecule has 0 spiro atoms. The highest BCUT2D eigenvalue weighted by molar-refractivity contribution is 7.98. The largest absolute Gasteiger partial charge is 0.383 e. The Hall–Kier alpha value is -0.970. The van der Waals surface area contributed by atoms with E-state index in [1.807, 2.05) is 12.3 Å². The van der Waals surface area contributed by atoms with Crippen molar-refractivity contribution in [2.24, 2.45) is 5.41 Å². The summed E-state index contributed by atoms with van der Waals surface area (Å²) in [7, 11) is 0. The van der Waals surface area contributed by atoms with E-state index in [0.717, 1.165) is 17.5 Å². The molecule has 0 aromatic carbocycles. The van der Waals surface area contributed by atoms with Crippen LogP contribution in [0.5, 0.6) is 0 Å². The van der Waals surface area contributed by atoms with Gasteiger partial charge in [-0.3, -0.25) is 0 Å². The van der Waals surface area contributed by atoms with Gasteiger partial charge in [-0.15, -0.1) is 0 Å². The molecule has 17 heavy (non-hydrogen) atoms. The molecule has 3 N–H and O–H groups in total. The fraction of sp³-hybridized carbons (Fsp3) is 0.667. The van der Waals surface area contributed by atoms with Crippen LogP contribution >= 0.6 is 11.8 Å². The molecule has 0 radical (unpaired) electrons. The number of thioether (sulfide) groups is 1. The van der Waals surface area contributed by atoms with Gasteiger partial charge >= 0.3 is 0 Å². The number of hydrogen-bond acceptors (Lipinski definition) is 5. The van der Waals surface area contributed by atoms with Gasteiger partial charge in [0.2, 0.25) is 0 Å². The number of nitrogens with zero attached hydrogens (tertiary/aromatic N) is 2. The molecule has 4 nitrogen and oxygen atoms in total. The standard InChI is InChI=1S/C12H20N4S/c1-3-12(5-4-6-12)8-14-10-7-9(13)15-11(16-10)17-2/h7H,3-6,8H2,1-2H3,(H3,13,14,15,16). The highest BCUT2D eigenvalue weighted by atomic mass is 32.2. The Labute approximate surface area is 107 Å². The first-order valence-electron chi connectivity index (χ1n) is 6.10. The topological polar surface area (TPSA) is 63.8 Å². The van der Waals surface area contributed by atoms with Crippen molar-refractivity contribution >= 4 is 23.4 Å². The molecule has 1 aliphatic rings. The second-order valence-corrected chi connectivity index (χ2v) is 5.50. The lowest BCUT2D eigenvalue weighted by Crippen LogP contribution is -2.36. The zero-order valence-electron chi connectivity index (χ0n) is 10.5. The second kappa shape index (κ2) is 5.12. The fourth-order valence-corrected chi connectivity index (χ4v) is 2.62. The maximum atomic E-state index is 5.75. The Kier molecular flexibility index (Phi) is 3.76. The third kappa shape index (κ3) is 2.83. The number of aromatic nitrogens is 2. The summed E-state index contributed by atoms with van der Waals surface area (Å²) >= 11 is 1.51. The number of anilines is 2. The molecule has 1 saturated carbocycles. The first-order chi connectivity index (χ1) is 8.17. The molecular formula is C12H20N4S. The van der Waals surface area contributed by atoms with Crippen LogP contribution in [-0.2, 0) is 0 Å². The summed E-state index contributed by atoms with van der Waals surface area (Å²) in [5.41, 5.74) is 6.23. The summed E-state index contributed by atoms with van der Waals surface area (Å²) < 4.78 is 0. The second-order valence-electron chi connectivity index (χ2n) is 4.73. The minimum Gasteiger partial charge on any atom is -0.383 e. The molecule has 1 aliphatic carbocycles. The Balaban J connectivity index is 2.01. The monoisotopic (exact) mass is 252 g/mol. The van der Waals surface area contributed by atoms with Crippen molar-refractivity contribution in [2.75, 3.05) is 23.9 Å². The molecule has 0 aliphatic heterocycles. The van der Waals surface area contributed by atoms with E-state index in [9.17, 15) is 0 Å². The fourth-order valence-electron chi connectivity index (χ4n) is 2.24. The van der Waals surface area contributed by atoms with E-state index in [1.165, 1.54) is 37.4 Å². The number of rotatable bonds is 5. The smallest absolute Gasteiger partial charge is 0.191 e. The molecular weight excluding hydrogens is 232 g/mol. The minimum absolute atomic E-state index is 0.485. The predicted molar refractivity (Wildman–Crippen MR) is 73.3 cm³/mol. The lowest BCUT2D eigenvalue weighted by Gasteiger charge is -2.41. The van der Waals surface area contributed by atoms with Crippen LogP contribution in [0.3, 0.4) is 0 Å². The van der Waals surface area contributed by atoms with Crippen LogP contribution in [0.2, 0.25) is 0 Å². The molecule has 1 aromatic heterocycles. The number of nitrogens with one attached hydrogen (secondary N) is 1. The summed E-state index contributed by atoms with van der Waals surface area (Å²) in [6, 6.07) is 1.81. The Morgan fingerprint density at radius 3 is 2.76 bits per heavy atom. The number of hydrogen-bond donors (Lipinski definition) is 2. The van der Waals surface area contributed by atoms with Gasteiger partial charge < -0.3 is 11.1 Å². The summed E-state index contributed by atoms with van der Waals surface area (Å²) in [4.78, 5) is 8.55. The van der Waals surface area contributed by atoms with Crippen molar-refractivity contribution in [1.29, 1.82) is 0 Å². The van der Waals surface area contributed by atoms with Crippen molar-refractivity contribution < 1.29 is 0 Å². The van der Waals surface area contributed by atoms with Gasteiger partial charge in [0.15, 0.2) is 5.16 Å². The van der Waals surface area contributed by atoms with Crippen LogP contribution in [0.1, 0.15) is 32.6 Å². The van der Waals surface area contributed by atoms with Crippen molar-refractivity contribution in [1.82, 2.24) is 9.97 Å². The van der Waals surface area contributed by atoms with Crippen molar-refractivity contribution in [3.63, 3.8) is 0 Å². The van der Waals surface area contributed by atoms with Gasteiger partial charge in [-0.1, -0.05) is 25.1 Å². The lowest BCUT2D eigenvalue weighted by molar-refractivity contribution is 0.145. The van der Waals surface area contributed by atoms with Crippen molar-refractivity contribution in [2.45, 2.75) is 37.8 Å². The maximum Gasteiger partial charge on any atom is 0.191 e. The van der Waals surface area contributed by atoms with Gasteiger partial charge in [-0.05, 0) is 30.9 Å². The quantitative estimate of drug-likeness (QED) is 0.623. The normalized spacial score (nSPS) is 17.5. The van der Waals surface area contributed by atoms with Crippen LogP contribution in [-0.4, -0.2) is 22.8 Å². The minimum atomic E-state index is 0.485. The van der Waals surface area contributed by atoms with Crippen LogP contribution < -0.4 is 11.1 Å².